The minimum atomic E-state index is -0.883. The van der Waals surface area contributed by atoms with Gasteiger partial charge in [-0.1, -0.05) is 25.2 Å². The van der Waals surface area contributed by atoms with E-state index >= 15 is 0 Å². The van der Waals surface area contributed by atoms with Gasteiger partial charge in [-0.25, -0.2) is 9.78 Å². The zero-order valence-corrected chi connectivity index (χ0v) is 20.9. The van der Waals surface area contributed by atoms with Gasteiger partial charge >= 0.3 is 5.97 Å². The molecule has 2 aliphatic heterocycles. The van der Waals surface area contributed by atoms with Crippen LogP contribution in [0.25, 0.3) is 17.1 Å². The Bertz CT molecular complexity index is 1180. The lowest BCUT2D eigenvalue weighted by atomic mass is 9.99. The van der Waals surface area contributed by atoms with E-state index in [-0.39, 0.29) is 24.1 Å². The Kier molecular flexibility index (Phi) is 7.12. The summed E-state index contributed by atoms with van der Waals surface area (Å²) in [5.41, 5.74) is 2.24. The van der Waals surface area contributed by atoms with Crippen molar-refractivity contribution >= 4 is 28.9 Å². The number of carbonyl (C=O) groups excluding carboxylic acids is 2. The maximum Gasteiger partial charge on any atom is 0.342 e. The third-order valence-electron chi connectivity index (χ3n) is 6.27. The highest BCUT2D eigenvalue weighted by molar-refractivity contribution is 6.04. The number of ketones is 1. The molecule has 2 aliphatic rings. The second-order valence-corrected chi connectivity index (χ2v) is 9.40. The van der Waals surface area contributed by atoms with Crippen LogP contribution < -0.4 is 4.74 Å². The number of esters is 1. The second kappa shape index (κ2) is 9.93. The van der Waals surface area contributed by atoms with Crippen molar-refractivity contribution in [1.82, 2.24) is 9.55 Å². The van der Waals surface area contributed by atoms with Crippen LogP contribution >= 0.6 is 0 Å². The van der Waals surface area contributed by atoms with Crippen LogP contribution in [0.3, 0.4) is 0 Å². The van der Waals surface area contributed by atoms with Gasteiger partial charge in [0.25, 0.3) is 0 Å². The molecule has 35 heavy (non-hydrogen) atoms. The summed E-state index contributed by atoms with van der Waals surface area (Å²) in [5, 5.41) is 0. The fourth-order valence-corrected chi connectivity index (χ4v) is 4.28. The molecule has 0 saturated carbocycles. The third-order valence-corrected chi connectivity index (χ3v) is 6.27. The summed E-state index contributed by atoms with van der Waals surface area (Å²) in [7, 11) is 3.38. The average molecular weight is 485 g/mol. The number of hydrogen-bond donors (Lipinski definition) is 0. The summed E-state index contributed by atoms with van der Waals surface area (Å²) in [6.45, 7) is 7.21. The van der Waals surface area contributed by atoms with Crippen molar-refractivity contribution in [2.75, 3.05) is 13.9 Å². The summed E-state index contributed by atoms with van der Waals surface area (Å²) < 4.78 is 30.5. The number of cyclic esters (lactones) is 1. The highest BCUT2D eigenvalue weighted by Crippen LogP contribution is 2.35. The maximum atomic E-state index is 13.5. The SMILES string of the molecule is COCOc1cc2c(ncn2C)c2c1C(=O)O[C@@H](C)[C@H](C)/C=C\C(=O)[C@H]1OC(C)(C)O[C@H]1CC=C2. The van der Waals surface area contributed by atoms with Crippen LogP contribution in [0.5, 0.6) is 5.75 Å². The number of benzene rings is 1. The Hall–Kier alpha value is -3.01. The smallest absolute Gasteiger partial charge is 0.342 e. The summed E-state index contributed by atoms with van der Waals surface area (Å²) >= 11 is 0. The quantitative estimate of drug-likeness (QED) is 0.479. The molecular formula is C26H32N2O7. The lowest BCUT2D eigenvalue weighted by molar-refractivity contribution is -0.152. The molecule has 0 aliphatic carbocycles. The van der Waals surface area contributed by atoms with E-state index in [2.05, 4.69) is 4.98 Å². The molecule has 4 rings (SSSR count). The molecule has 0 N–H and O–H groups in total. The Morgan fingerprint density at radius 3 is 2.71 bits per heavy atom. The van der Waals surface area contributed by atoms with Crippen LogP contribution in [0.4, 0.5) is 0 Å². The number of nitrogens with zero attached hydrogens (tertiary/aromatic N) is 2. The van der Waals surface area contributed by atoms with Gasteiger partial charge in [-0.15, -0.1) is 0 Å². The molecule has 9 nitrogen and oxygen atoms in total. The number of fused-ring (bicyclic) bond motifs is 4. The highest BCUT2D eigenvalue weighted by Gasteiger charge is 2.43. The molecule has 1 saturated heterocycles. The largest absolute Gasteiger partial charge is 0.467 e. The number of hydrogen-bond acceptors (Lipinski definition) is 8. The molecule has 1 aromatic carbocycles. The second-order valence-electron chi connectivity index (χ2n) is 9.40. The number of rotatable bonds is 3. The normalized spacial score (nSPS) is 27.7. The number of methoxy groups -OCH3 is 1. The molecule has 4 atom stereocenters. The van der Waals surface area contributed by atoms with Gasteiger partial charge in [-0.3, -0.25) is 4.79 Å². The van der Waals surface area contributed by atoms with Crippen molar-refractivity contribution in [1.29, 1.82) is 0 Å². The Labute approximate surface area is 204 Å². The van der Waals surface area contributed by atoms with E-state index in [1.165, 1.54) is 13.2 Å². The molecule has 9 heteroatoms. The van der Waals surface area contributed by atoms with Gasteiger partial charge in [0.1, 0.15) is 23.5 Å². The first kappa shape index (κ1) is 25.1. The van der Waals surface area contributed by atoms with Crippen molar-refractivity contribution in [3.63, 3.8) is 0 Å². The standard InChI is InChI=1S/C26H32N2O7/c1-15-10-11-19(29)24-20(34-26(3,4)35-24)9-7-8-17-22(25(30)33-16(15)2)21(32-14-31-6)12-18-23(17)27-13-28(18)5/h7-8,10-13,15-16,20,24H,9,14H2,1-6H3/b8-7?,11-10-/t15-,16+,20+,24-/m1/s1. The number of carbonyl (C=O) groups is 2. The van der Waals surface area contributed by atoms with E-state index in [1.807, 2.05) is 24.6 Å². The van der Waals surface area contributed by atoms with Gasteiger partial charge in [0, 0.05) is 31.7 Å². The van der Waals surface area contributed by atoms with Crippen LogP contribution in [0.15, 0.2) is 30.6 Å². The van der Waals surface area contributed by atoms with E-state index in [4.69, 9.17) is 23.7 Å². The molecule has 1 fully saturated rings. The minimum absolute atomic E-state index is 0.0341. The monoisotopic (exact) mass is 484 g/mol. The predicted octanol–water partition coefficient (Wildman–Crippen LogP) is 3.80. The fraction of sp³-hybridized carbons (Fsp3) is 0.500. The Morgan fingerprint density at radius 2 is 1.97 bits per heavy atom. The van der Waals surface area contributed by atoms with Gasteiger partial charge in [-0.05, 0) is 33.3 Å². The van der Waals surface area contributed by atoms with Gasteiger partial charge in [0.2, 0.25) is 0 Å². The Balaban J connectivity index is 1.86. The van der Waals surface area contributed by atoms with Crippen LogP contribution in [0.1, 0.15) is 50.0 Å². The molecule has 3 heterocycles. The zero-order valence-electron chi connectivity index (χ0n) is 20.9. The predicted molar refractivity (Wildman–Crippen MR) is 129 cm³/mol. The van der Waals surface area contributed by atoms with Gasteiger partial charge in [0.15, 0.2) is 18.4 Å². The summed E-state index contributed by atoms with van der Waals surface area (Å²) in [6.07, 6.45) is 7.25. The number of ether oxygens (including phenoxy) is 5. The fourth-order valence-electron chi connectivity index (χ4n) is 4.28. The van der Waals surface area contributed by atoms with E-state index in [0.717, 1.165) is 5.52 Å². The van der Waals surface area contributed by atoms with Crippen molar-refractivity contribution in [2.24, 2.45) is 13.0 Å². The molecule has 1 aromatic heterocycles. The van der Waals surface area contributed by atoms with Gasteiger partial charge in [-0.2, -0.15) is 0 Å². The van der Waals surface area contributed by atoms with Gasteiger partial charge < -0.3 is 28.3 Å². The average Bonchev–Trinajstić information content (AvgIpc) is 3.33. The molecule has 188 valence electrons. The lowest BCUT2D eigenvalue weighted by Crippen LogP contribution is -2.30. The highest BCUT2D eigenvalue weighted by atomic mass is 16.8. The first-order valence-electron chi connectivity index (χ1n) is 11.7. The van der Waals surface area contributed by atoms with Crippen molar-refractivity contribution in [2.45, 2.75) is 58.2 Å². The molecular weight excluding hydrogens is 452 g/mol. The zero-order chi connectivity index (χ0) is 25.3. The minimum Gasteiger partial charge on any atom is -0.467 e. The number of aromatic nitrogens is 2. The van der Waals surface area contributed by atoms with E-state index in [0.29, 0.717) is 23.3 Å². The number of imidazole rings is 1. The summed E-state index contributed by atoms with van der Waals surface area (Å²) in [6, 6.07) is 1.76. The van der Waals surface area contributed by atoms with Crippen molar-refractivity contribution in [3.8, 4) is 5.75 Å². The molecule has 0 radical (unpaired) electrons. The summed E-state index contributed by atoms with van der Waals surface area (Å²) in [5.74, 6) is -1.49. The van der Waals surface area contributed by atoms with Crippen molar-refractivity contribution < 1.29 is 33.3 Å². The van der Waals surface area contributed by atoms with Crippen LogP contribution in [0, 0.1) is 5.92 Å². The number of aryl methyl sites for hydroxylation is 1. The molecule has 0 amide bonds. The summed E-state index contributed by atoms with van der Waals surface area (Å²) in [4.78, 5) is 30.9. The first-order valence-corrected chi connectivity index (χ1v) is 11.7. The Morgan fingerprint density at radius 1 is 1.20 bits per heavy atom. The molecule has 0 spiro atoms. The van der Waals surface area contributed by atoms with E-state index in [1.54, 1.807) is 45.3 Å². The van der Waals surface area contributed by atoms with E-state index < -0.39 is 30.1 Å². The van der Waals surface area contributed by atoms with E-state index in [9.17, 15) is 9.59 Å². The molecule has 0 bridgehead atoms. The lowest BCUT2D eigenvalue weighted by Gasteiger charge is -2.21. The third kappa shape index (κ3) is 5.17. The van der Waals surface area contributed by atoms with Crippen LogP contribution in [-0.2, 0) is 30.8 Å². The maximum absolute atomic E-state index is 13.5. The first-order chi connectivity index (χ1) is 16.6. The topological polar surface area (TPSA) is 98.1 Å². The molecule has 0 unspecified atom stereocenters. The van der Waals surface area contributed by atoms with Crippen LogP contribution in [-0.4, -0.2) is 59.3 Å². The van der Waals surface area contributed by atoms with Gasteiger partial charge in [0.05, 0.1) is 23.5 Å². The van der Waals surface area contributed by atoms with Crippen molar-refractivity contribution in [3.05, 3.63) is 41.7 Å². The molecule has 2 aromatic rings. The van der Waals surface area contributed by atoms with Crippen LogP contribution in [0.2, 0.25) is 0 Å².